The van der Waals surface area contributed by atoms with E-state index in [0.29, 0.717) is 11.3 Å². The summed E-state index contributed by atoms with van der Waals surface area (Å²) >= 11 is 0. The van der Waals surface area contributed by atoms with Crippen molar-refractivity contribution in [2.24, 2.45) is 0 Å². The first kappa shape index (κ1) is 13.2. The highest BCUT2D eigenvalue weighted by Gasteiger charge is 2.29. The molecule has 0 aromatic heterocycles. The Morgan fingerprint density at radius 3 is 2.87 bits per heavy atom. The minimum absolute atomic E-state index is 0.329. The Balaban J connectivity index is 2.19. The highest BCUT2D eigenvalue weighted by molar-refractivity contribution is 6.15. The summed E-state index contributed by atoms with van der Waals surface area (Å²) in [6, 6.07) is 0. The average Bonchev–Trinajstić information content (AvgIpc) is 2.13. The van der Waals surface area contributed by atoms with Gasteiger partial charge < -0.3 is 9.47 Å². The Hall–Kier alpha value is 0.0969. The van der Waals surface area contributed by atoms with Gasteiger partial charge in [0.25, 0.3) is 0 Å². The van der Waals surface area contributed by atoms with Gasteiger partial charge in [0, 0.05) is 35.1 Å². The number of rotatable bonds is 5. The molecule has 90 valence electrons. The molecule has 1 fully saturated rings. The van der Waals surface area contributed by atoms with Crippen LogP contribution in [-0.4, -0.2) is 59.3 Å². The van der Waals surface area contributed by atoms with Gasteiger partial charge in [0.15, 0.2) is 0 Å². The van der Waals surface area contributed by atoms with Crippen LogP contribution in [0, 0.1) is 0 Å². The predicted octanol–water partition coefficient (Wildman–Crippen LogP) is 0.215. The lowest BCUT2D eigenvalue weighted by Gasteiger charge is -2.42. The molecule has 15 heavy (non-hydrogen) atoms. The lowest BCUT2D eigenvalue weighted by atomic mass is 10.2. The summed E-state index contributed by atoms with van der Waals surface area (Å²) < 4.78 is 11.1. The summed E-state index contributed by atoms with van der Waals surface area (Å²) in [4.78, 5) is 2.56. The summed E-state index contributed by atoms with van der Waals surface area (Å²) in [5, 5.41) is 0.329. The topological polar surface area (TPSA) is 21.7 Å². The third-order valence-corrected chi connectivity index (χ3v) is 3.76. The van der Waals surface area contributed by atoms with E-state index >= 15 is 0 Å². The van der Waals surface area contributed by atoms with Crippen LogP contribution in [0.15, 0.2) is 0 Å². The molecule has 1 saturated heterocycles. The van der Waals surface area contributed by atoms with Crippen LogP contribution < -0.4 is 0 Å². The lowest BCUT2D eigenvalue weighted by Crippen LogP contribution is -2.55. The van der Waals surface area contributed by atoms with Gasteiger partial charge in [-0.15, -0.1) is 0 Å². The molecule has 0 bridgehead atoms. The van der Waals surface area contributed by atoms with E-state index in [1.807, 2.05) is 0 Å². The van der Waals surface area contributed by atoms with Gasteiger partial charge in [-0.05, 0) is 27.2 Å². The van der Waals surface area contributed by atoms with E-state index in [2.05, 4.69) is 25.7 Å². The maximum atomic E-state index is 5.55. The molecule has 0 radical (unpaired) electrons. The molecule has 4 heteroatoms. The predicted molar refractivity (Wildman–Crippen MR) is 66.4 cm³/mol. The monoisotopic (exact) mass is 231 g/mol. The molecular weight excluding hydrogens is 206 g/mol. The minimum Gasteiger partial charge on any atom is -0.379 e. The lowest BCUT2D eigenvalue weighted by molar-refractivity contribution is -0.0256. The third kappa shape index (κ3) is 4.63. The summed E-state index contributed by atoms with van der Waals surface area (Å²) in [7, 11) is 1.17. The second-order valence-electron chi connectivity index (χ2n) is 5.13. The number of nitrogens with zero attached hydrogens (tertiary/aromatic N) is 1. The summed E-state index contributed by atoms with van der Waals surface area (Å²) in [5.41, 5.74) is 0. The van der Waals surface area contributed by atoms with Crippen molar-refractivity contribution in [2.75, 3.05) is 32.9 Å². The van der Waals surface area contributed by atoms with Crippen molar-refractivity contribution in [3.05, 3.63) is 0 Å². The van der Waals surface area contributed by atoms with Gasteiger partial charge in [-0.1, -0.05) is 0 Å². The SMILES string of the molecule is CC(C)OCCCN1CCOC[C@@]1(C)[SiH3]. The van der Waals surface area contributed by atoms with Crippen LogP contribution in [0.2, 0.25) is 0 Å². The highest BCUT2D eigenvalue weighted by atomic mass is 28.1. The zero-order chi connectivity index (χ0) is 11.3. The first-order chi connectivity index (χ1) is 7.02. The smallest absolute Gasteiger partial charge is 0.0610 e. The molecule has 0 N–H and O–H groups in total. The molecule has 0 aromatic rings. The molecule has 0 amide bonds. The molecule has 1 heterocycles. The van der Waals surface area contributed by atoms with Crippen LogP contribution in [0.25, 0.3) is 0 Å². The molecule has 0 spiro atoms. The molecule has 1 aliphatic heterocycles. The number of hydrogen-bond acceptors (Lipinski definition) is 3. The summed E-state index contributed by atoms with van der Waals surface area (Å²) in [6.07, 6.45) is 1.49. The molecule has 1 aliphatic rings. The van der Waals surface area contributed by atoms with Crippen molar-refractivity contribution in [1.29, 1.82) is 0 Å². The van der Waals surface area contributed by atoms with E-state index in [-0.39, 0.29) is 0 Å². The van der Waals surface area contributed by atoms with Gasteiger partial charge in [-0.2, -0.15) is 0 Å². The number of ether oxygens (including phenoxy) is 2. The van der Waals surface area contributed by atoms with Crippen molar-refractivity contribution in [1.82, 2.24) is 4.90 Å². The van der Waals surface area contributed by atoms with Gasteiger partial charge in [0.05, 0.1) is 19.3 Å². The quantitative estimate of drug-likeness (QED) is 0.499. The zero-order valence-electron chi connectivity index (χ0n) is 10.6. The van der Waals surface area contributed by atoms with Gasteiger partial charge in [-0.25, -0.2) is 0 Å². The van der Waals surface area contributed by atoms with Gasteiger partial charge in [0.2, 0.25) is 0 Å². The maximum Gasteiger partial charge on any atom is 0.0610 e. The standard InChI is InChI=1S/C11H25NO2Si/c1-10(2)14-7-4-5-12-6-8-13-9-11(12,3)15/h10H,4-9H2,1-3,15H3/t11-/m1/s1. The van der Waals surface area contributed by atoms with E-state index in [1.165, 1.54) is 10.2 Å². The summed E-state index contributed by atoms with van der Waals surface area (Å²) in [5.74, 6) is 0. The van der Waals surface area contributed by atoms with Crippen molar-refractivity contribution in [3.63, 3.8) is 0 Å². The van der Waals surface area contributed by atoms with E-state index in [4.69, 9.17) is 9.47 Å². The molecule has 0 unspecified atom stereocenters. The Morgan fingerprint density at radius 1 is 1.53 bits per heavy atom. The Bertz CT molecular complexity index is 185. The van der Waals surface area contributed by atoms with Crippen LogP contribution >= 0.6 is 0 Å². The van der Waals surface area contributed by atoms with Crippen LogP contribution in [0.4, 0.5) is 0 Å². The largest absolute Gasteiger partial charge is 0.379 e. The molecule has 3 nitrogen and oxygen atoms in total. The van der Waals surface area contributed by atoms with Crippen LogP contribution in [0.1, 0.15) is 27.2 Å². The van der Waals surface area contributed by atoms with Gasteiger partial charge in [0.1, 0.15) is 0 Å². The van der Waals surface area contributed by atoms with E-state index in [9.17, 15) is 0 Å². The minimum atomic E-state index is 0.329. The van der Waals surface area contributed by atoms with Gasteiger partial charge in [-0.3, -0.25) is 4.90 Å². The molecule has 1 atom stereocenters. The van der Waals surface area contributed by atoms with Crippen molar-refractivity contribution >= 4 is 10.2 Å². The van der Waals surface area contributed by atoms with Crippen molar-refractivity contribution in [2.45, 2.75) is 38.5 Å². The fourth-order valence-electron chi connectivity index (χ4n) is 1.88. The second-order valence-corrected chi connectivity index (χ2v) is 7.28. The molecule has 0 aromatic carbocycles. The first-order valence-electron chi connectivity index (χ1n) is 5.97. The first-order valence-corrected chi connectivity index (χ1v) is 6.97. The second kappa shape index (κ2) is 5.99. The fraction of sp³-hybridized carbons (Fsp3) is 1.00. The molecular formula is C11H25NO2Si. The summed E-state index contributed by atoms with van der Waals surface area (Å²) in [6.45, 7) is 11.4. The Kier molecular flexibility index (Phi) is 5.25. The Morgan fingerprint density at radius 2 is 2.27 bits per heavy atom. The molecule has 0 saturated carbocycles. The van der Waals surface area contributed by atoms with Crippen molar-refractivity contribution in [3.8, 4) is 0 Å². The average molecular weight is 231 g/mol. The maximum absolute atomic E-state index is 5.55. The van der Waals surface area contributed by atoms with E-state index < -0.39 is 0 Å². The third-order valence-electron chi connectivity index (χ3n) is 2.84. The Labute approximate surface area is 96.5 Å². The van der Waals surface area contributed by atoms with Gasteiger partial charge >= 0.3 is 0 Å². The number of morpholine rings is 1. The number of hydrogen-bond donors (Lipinski definition) is 0. The fourth-order valence-corrected chi connectivity index (χ4v) is 2.53. The van der Waals surface area contributed by atoms with E-state index in [0.717, 1.165) is 39.3 Å². The molecule has 0 aliphatic carbocycles. The van der Waals surface area contributed by atoms with Crippen molar-refractivity contribution < 1.29 is 9.47 Å². The van der Waals surface area contributed by atoms with E-state index in [1.54, 1.807) is 0 Å². The zero-order valence-corrected chi connectivity index (χ0v) is 12.6. The molecule has 1 rings (SSSR count). The normalized spacial score (nSPS) is 28.8. The van der Waals surface area contributed by atoms with Crippen LogP contribution in [0.3, 0.4) is 0 Å². The van der Waals surface area contributed by atoms with Crippen LogP contribution in [-0.2, 0) is 9.47 Å². The van der Waals surface area contributed by atoms with Crippen LogP contribution in [0.5, 0.6) is 0 Å². The highest BCUT2D eigenvalue weighted by Crippen LogP contribution is 2.15.